The van der Waals surface area contributed by atoms with Gasteiger partial charge >= 0.3 is 0 Å². The fourth-order valence-corrected chi connectivity index (χ4v) is 3.46. The van der Waals surface area contributed by atoms with Gasteiger partial charge in [0.2, 0.25) is 5.78 Å². The summed E-state index contributed by atoms with van der Waals surface area (Å²) in [5, 5.41) is 14.5. The van der Waals surface area contributed by atoms with Gasteiger partial charge in [0.25, 0.3) is 5.91 Å². The molecule has 7 heteroatoms. The zero-order valence-corrected chi connectivity index (χ0v) is 16.2. The summed E-state index contributed by atoms with van der Waals surface area (Å²) >= 11 is 0. The second-order valence-electron chi connectivity index (χ2n) is 7.26. The van der Waals surface area contributed by atoms with Crippen molar-refractivity contribution in [1.29, 1.82) is 0 Å². The highest BCUT2D eigenvalue weighted by atomic mass is 16.5. The predicted molar refractivity (Wildman–Crippen MR) is 105 cm³/mol. The average molecular weight is 392 g/mol. The number of aliphatic hydroxyl groups excluding tert-OH is 1. The zero-order valence-electron chi connectivity index (χ0n) is 16.2. The number of amides is 1. The standard InChI is InChI=1S/C22H20N2O5/c1-12(2)14-6-8-15(9-7-14)19-18(20(25)16-5-4-10-28-16)21(26)22(27)24(19)17-11-13(3)29-23-17/h4-12,19,26H,1-3H3/t19-/m1/s1. The van der Waals surface area contributed by atoms with Crippen LogP contribution in [0.1, 0.15) is 53.2 Å². The number of aromatic nitrogens is 1. The first-order valence-electron chi connectivity index (χ1n) is 9.26. The molecule has 1 N–H and O–H groups in total. The lowest BCUT2D eigenvalue weighted by molar-refractivity contribution is -0.117. The third-order valence-corrected chi connectivity index (χ3v) is 4.98. The van der Waals surface area contributed by atoms with Gasteiger partial charge in [-0.3, -0.25) is 14.5 Å². The van der Waals surface area contributed by atoms with Crippen molar-refractivity contribution in [2.45, 2.75) is 32.7 Å². The lowest BCUT2D eigenvalue weighted by Gasteiger charge is -2.24. The van der Waals surface area contributed by atoms with E-state index in [-0.39, 0.29) is 17.2 Å². The number of furan rings is 1. The molecule has 0 aliphatic carbocycles. The molecule has 0 spiro atoms. The van der Waals surface area contributed by atoms with Crippen LogP contribution < -0.4 is 4.90 Å². The Morgan fingerprint density at radius 3 is 2.48 bits per heavy atom. The number of rotatable bonds is 5. The largest absolute Gasteiger partial charge is 0.503 e. The molecule has 0 saturated heterocycles. The van der Waals surface area contributed by atoms with Gasteiger partial charge in [-0.15, -0.1) is 0 Å². The van der Waals surface area contributed by atoms with Crippen LogP contribution >= 0.6 is 0 Å². The molecular weight excluding hydrogens is 372 g/mol. The summed E-state index contributed by atoms with van der Waals surface area (Å²) in [5.41, 5.74) is 1.74. The molecule has 1 amide bonds. The Kier molecular flexibility index (Phi) is 4.58. The first kappa shape index (κ1) is 18.7. The van der Waals surface area contributed by atoms with Crippen LogP contribution in [0.3, 0.4) is 0 Å². The first-order valence-corrected chi connectivity index (χ1v) is 9.26. The van der Waals surface area contributed by atoms with Crippen molar-refractivity contribution >= 4 is 17.5 Å². The Morgan fingerprint density at radius 2 is 1.93 bits per heavy atom. The SMILES string of the molecule is Cc1cc(N2C(=O)C(O)=C(C(=O)c3ccco3)[C@H]2c2ccc(C(C)C)cc2)no1. The molecule has 4 rings (SSSR count). The second-order valence-corrected chi connectivity index (χ2v) is 7.26. The molecule has 1 aromatic carbocycles. The highest BCUT2D eigenvalue weighted by Crippen LogP contribution is 2.41. The van der Waals surface area contributed by atoms with Crippen LogP contribution in [0.2, 0.25) is 0 Å². The third kappa shape index (κ3) is 3.14. The number of nitrogens with zero attached hydrogens (tertiary/aromatic N) is 2. The van der Waals surface area contributed by atoms with Crippen molar-refractivity contribution in [3.8, 4) is 0 Å². The number of ketones is 1. The number of benzene rings is 1. The van der Waals surface area contributed by atoms with E-state index in [0.29, 0.717) is 17.2 Å². The Balaban J connectivity index is 1.85. The summed E-state index contributed by atoms with van der Waals surface area (Å²) in [5.74, 6) is -0.790. The van der Waals surface area contributed by atoms with Crippen molar-refractivity contribution in [2.75, 3.05) is 4.90 Å². The fraction of sp³-hybridized carbons (Fsp3) is 0.227. The van der Waals surface area contributed by atoms with Crippen molar-refractivity contribution in [2.24, 2.45) is 0 Å². The summed E-state index contributed by atoms with van der Waals surface area (Å²) in [6.07, 6.45) is 1.37. The van der Waals surface area contributed by atoms with E-state index in [2.05, 4.69) is 19.0 Å². The maximum atomic E-state index is 13.1. The summed E-state index contributed by atoms with van der Waals surface area (Å²) in [6, 6.07) is 11.4. The number of Topliss-reactive ketones (excluding diaryl/α,β-unsaturated/α-hetero) is 1. The van der Waals surface area contributed by atoms with Crippen LogP contribution in [0.5, 0.6) is 0 Å². The molecule has 1 aliphatic rings. The molecular formula is C22H20N2O5. The quantitative estimate of drug-likeness (QED) is 0.643. The molecule has 0 fully saturated rings. The summed E-state index contributed by atoms with van der Waals surface area (Å²) in [4.78, 5) is 27.3. The molecule has 0 radical (unpaired) electrons. The van der Waals surface area contributed by atoms with Gasteiger partial charge in [0.1, 0.15) is 5.76 Å². The third-order valence-electron chi connectivity index (χ3n) is 4.98. The average Bonchev–Trinajstić information content (AvgIpc) is 3.43. The topological polar surface area (TPSA) is 96.8 Å². The maximum absolute atomic E-state index is 13.1. The number of hydrogen-bond donors (Lipinski definition) is 1. The first-order chi connectivity index (χ1) is 13.9. The van der Waals surface area contributed by atoms with Gasteiger partial charge in [-0.2, -0.15) is 0 Å². The zero-order chi connectivity index (χ0) is 20.7. The monoisotopic (exact) mass is 392 g/mol. The summed E-state index contributed by atoms with van der Waals surface area (Å²) in [6.45, 7) is 5.86. The smallest absolute Gasteiger partial charge is 0.295 e. The van der Waals surface area contributed by atoms with E-state index in [9.17, 15) is 14.7 Å². The number of anilines is 1. The van der Waals surface area contributed by atoms with Crippen LogP contribution in [0.4, 0.5) is 5.82 Å². The van der Waals surface area contributed by atoms with Gasteiger partial charge < -0.3 is 14.0 Å². The Morgan fingerprint density at radius 1 is 1.21 bits per heavy atom. The Bertz CT molecular complexity index is 1090. The molecule has 3 heterocycles. The molecule has 0 bridgehead atoms. The summed E-state index contributed by atoms with van der Waals surface area (Å²) in [7, 11) is 0. The van der Waals surface area contributed by atoms with Crippen LogP contribution in [-0.2, 0) is 4.79 Å². The lowest BCUT2D eigenvalue weighted by Crippen LogP contribution is -2.31. The number of carbonyl (C=O) groups excluding carboxylic acids is 2. The number of aryl methyl sites for hydroxylation is 1. The molecule has 3 aromatic rings. The molecule has 7 nitrogen and oxygen atoms in total. The van der Waals surface area contributed by atoms with Gasteiger partial charge in [-0.25, -0.2) is 0 Å². The minimum absolute atomic E-state index is 0.0429. The van der Waals surface area contributed by atoms with E-state index in [0.717, 1.165) is 5.56 Å². The molecule has 1 aliphatic heterocycles. The maximum Gasteiger partial charge on any atom is 0.295 e. The van der Waals surface area contributed by atoms with Gasteiger partial charge in [-0.1, -0.05) is 43.3 Å². The van der Waals surface area contributed by atoms with Crippen LogP contribution in [0, 0.1) is 6.92 Å². The molecule has 1 atom stereocenters. The lowest BCUT2D eigenvalue weighted by atomic mass is 9.93. The predicted octanol–water partition coefficient (Wildman–Crippen LogP) is 4.48. The van der Waals surface area contributed by atoms with Crippen molar-refractivity contribution in [3.63, 3.8) is 0 Å². The van der Waals surface area contributed by atoms with Crippen LogP contribution in [0.25, 0.3) is 0 Å². The van der Waals surface area contributed by atoms with E-state index in [4.69, 9.17) is 8.94 Å². The molecule has 0 saturated carbocycles. The highest BCUT2D eigenvalue weighted by Gasteiger charge is 2.46. The highest BCUT2D eigenvalue weighted by molar-refractivity contribution is 6.19. The van der Waals surface area contributed by atoms with E-state index in [1.807, 2.05) is 24.3 Å². The number of aliphatic hydroxyl groups is 1. The Labute approximate surface area is 167 Å². The molecule has 0 unspecified atom stereocenters. The van der Waals surface area contributed by atoms with Gasteiger partial charge in [0.15, 0.2) is 17.3 Å². The number of hydrogen-bond acceptors (Lipinski definition) is 6. The Hall–Kier alpha value is -3.61. The van der Waals surface area contributed by atoms with E-state index < -0.39 is 23.5 Å². The minimum atomic E-state index is -0.856. The van der Waals surface area contributed by atoms with Crippen molar-refractivity contribution in [1.82, 2.24) is 5.16 Å². The van der Waals surface area contributed by atoms with Crippen LogP contribution in [-0.4, -0.2) is 22.0 Å². The van der Waals surface area contributed by atoms with Gasteiger partial charge in [0, 0.05) is 6.07 Å². The van der Waals surface area contributed by atoms with Crippen LogP contribution in [0.15, 0.2) is 69.0 Å². The van der Waals surface area contributed by atoms with E-state index >= 15 is 0 Å². The van der Waals surface area contributed by atoms with Gasteiger partial charge in [-0.05, 0) is 36.1 Å². The van der Waals surface area contributed by atoms with Crippen molar-refractivity contribution < 1.29 is 23.6 Å². The van der Waals surface area contributed by atoms with Gasteiger partial charge in [0.05, 0.1) is 17.9 Å². The molecule has 29 heavy (non-hydrogen) atoms. The molecule has 148 valence electrons. The minimum Gasteiger partial charge on any atom is -0.503 e. The number of carbonyl (C=O) groups is 2. The fourth-order valence-electron chi connectivity index (χ4n) is 3.46. The van der Waals surface area contributed by atoms with E-state index in [1.165, 1.54) is 17.2 Å². The second kappa shape index (κ2) is 7.09. The normalized spacial score (nSPS) is 16.9. The van der Waals surface area contributed by atoms with Crippen molar-refractivity contribution in [3.05, 3.63) is 82.7 Å². The molecule has 2 aromatic heterocycles. The van der Waals surface area contributed by atoms with E-state index in [1.54, 1.807) is 19.1 Å². The summed E-state index contributed by atoms with van der Waals surface area (Å²) < 4.78 is 10.3.